The summed E-state index contributed by atoms with van der Waals surface area (Å²) in [5.74, 6) is 1.07. The molecule has 4 rings (SSSR count). The molecule has 2 fully saturated rings. The Morgan fingerprint density at radius 2 is 1.66 bits per heavy atom. The van der Waals surface area contributed by atoms with Crippen LogP contribution in [0.15, 0.2) is 12.3 Å². The summed E-state index contributed by atoms with van der Waals surface area (Å²) < 4.78 is 21.2. The quantitative estimate of drug-likeness (QED) is 0.101. The maximum Gasteiger partial charge on any atom is 0.410 e. The van der Waals surface area contributed by atoms with Gasteiger partial charge in [0.1, 0.15) is 24.9 Å². The highest BCUT2D eigenvalue weighted by atomic mass is 127. The third-order valence-corrected chi connectivity index (χ3v) is 11.9. The lowest BCUT2D eigenvalue weighted by Gasteiger charge is -2.29. The molecular weight excluding hydrogens is 665 g/mol. The molecule has 230 valence electrons. The van der Waals surface area contributed by atoms with Gasteiger partial charge in [-0.2, -0.15) is 9.61 Å². The second-order valence-electron chi connectivity index (χ2n) is 15.0. The maximum absolute atomic E-state index is 13.2. The Hall–Kier alpha value is -1.23. The SMILES string of the molecule is CC(C)(C)OC(=O)N1C2CCC1C(c1cc(N(COCC[Si](C)(C)C)COCC[Si](C)(C)C)n3ncc(I)c3n1)C2. The Balaban J connectivity index is 1.61. The molecule has 12 heteroatoms. The monoisotopic (exact) mass is 715 g/mol. The van der Waals surface area contributed by atoms with Crippen molar-refractivity contribution in [2.45, 2.75) is 115 Å². The smallest absolute Gasteiger partial charge is 0.410 e. The first kappa shape index (κ1) is 32.7. The summed E-state index contributed by atoms with van der Waals surface area (Å²) in [7, 11) is -2.42. The highest BCUT2D eigenvalue weighted by Gasteiger charge is 2.51. The van der Waals surface area contributed by atoms with Crippen LogP contribution in [0.25, 0.3) is 5.65 Å². The summed E-state index contributed by atoms with van der Waals surface area (Å²) in [6.45, 7) is 22.3. The van der Waals surface area contributed by atoms with Crippen molar-refractivity contribution in [3.63, 3.8) is 0 Å². The fourth-order valence-corrected chi connectivity index (χ4v) is 7.52. The molecule has 3 unspecified atom stereocenters. The molecule has 0 aromatic carbocycles. The molecule has 3 atom stereocenters. The molecule has 2 aromatic rings. The minimum atomic E-state index is -1.21. The lowest BCUT2D eigenvalue weighted by atomic mass is 9.86. The Kier molecular flexibility index (Phi) is 10.2. The summed E-state index contributed by atoms with van der Waals surface area (Å²) in [6.07, 6.45) is 4.54. The van der Waals surface area contributed by atoms with E-state index in [1.807, 2.05) is 36.4 Å². The highest BCUT2D eigenvalue weighted by molar-refractivity contribution is 14.1. The van der Waals surface area contributed by atoms with Gasteiger partial charge in [-0.25, -0.2) is 9.78 Å². The van der Waals surface area contributed by atoms with Gasteiger partial charge in [0.2, 0.25) is 0 Å². The molecule has 0 aliphatic carbocycles. The molecule has 1 amide bonds. The zero-order valence-corrected chi connectivity index (χ0v) is 30.7. The first-order chi connectivity index (χ1) is 19.0. The average molecular weight is 716 g/mol. The van der Waals surface area contributed by atoms with E-state index in [1.54, 1.807) is 0 Å². The van der Waals surface area contributed by atoms with Crippen LogP contribution < -0.4 is 4.90 Å². The number of ether oxygens (including phenoxy) is 3. The summed E-state index contributed by atoms with van der Waals surface area (Å²) >= 11 is 2.31. The van der Waals surface area contributed by atoms with Crippen LogP contribution in [0, 0.1) is 3.57 Å². The fraction of sp³-hybridized carbons (Fsp3) is 0.759. The first-order valence-corrected chi connectivity index (χ1v) is 23.5. The number of hydrogen-bond donors (Lipinski definition) is 0. The number of carbonyl (C=O) groups is 1. The molecule has 0 spiro atoms. The van der Waals surface area contributed by atoms with Gasteiger partial charge in [-0.15, -0.1) is 0 Å². The first-order valence-electron chi connectivity index (χ1n) is 15.0. The van der Waals surface area contributed by atoms with Crippen LogP contribution in [0.5, 0.6) is 0 Å². The van der Waals surface area contributed by atoms with E-state index in [2.05, 4.69) is 72.8 Å². The Morgan fingerprint density at radius 1 is 1.05 bits per heavy atom. The van der Waals surface area contributed by atoms with Gasteiger partial charge in [-0.3, -0.25) is 0 Å². The number of hydrogen-bond acceptors (Lipinski definition) is 7. The van der Waals surface area contributed by atoms with Gasteiger partial charge in [0, 0.05) is 53.4 Å². The Labute approximate surface area is 261 Å². The molecule has 2 aliphatic heterocycles. The molecule has 2 aliphatic rings. The van der Waals surface area contributed by atoms with Crippen LogP contribution in [0.4, 0.5) is 10.6 Å². The fourth-order valence-electron chi connectivity index (χ4n) is 5.54. The standard InChI is InChI=1S/C29H50IN5O4Si2/c1-29(2,3)39-28(36)34-21-10-11-25(34)22(16-21)24-17-26(35-27(32-24)23(30)18-31-35)33(19-37-12-14-40(4,5)6)20-38-13-15-41(7,8)9/h17-18,21-22,25H,10-16,19-20H2,1-9H3. The van der Waals surface area contributed by atoms with E-state index in [0.717, 1.165) is 65.3 Å². The second kappa shape index (κ2) is 12.8. The van der Waals surface area contributed by atoms with E-state index in [9.17, 15) is 4.79 Å². The normalized spacial score (nSPS) is 21.2. The van der Waals surface area contributed by atoms with Gasteiger partial charge in [0.05, 0.1) is 15.5 Å². The van der Waals surface area contributed by atoms with E-state index in [-0.39, 0.29) is 24.1 Å². The predicted molar refractivity (Wildman–Crippen MR) is 178 cm³/mol. The van der Waals surface area contributed by atoms with E-state index in [0.29, 0.717) is 13.5 Å². The van der Waals surface area contributed by atoms with Crippen molar-refractivity contribution >= 4 is 56.3 Å². The molecule has 41 heavy (non-hydrogen) atoms. The molecule has 0 saturated carbocycles. The molecule has 2 bridgehead atoms. The average Bonchev–Trinajstić information content (AvgIpc) is 3.53. The summed E-state index contributed by atoms with van der Waals surface area (Å²) in [5.41, 5.74) is 1.32. The Morgan fingerprint density at radius 3 is 2.22 bits per heavy atom. The number of fused-ring (bicyclic) bond motifs is 3. The predicted octanol–water partition coefficient (Wildman–Crippen LogP) is 7.02. The number of anilines is 1. The van der Waals surface area contributed by atoms with E-state index >= 15 is 0 Å². The van der Waals surface area contributed by atoms with Crippen molar-refractivity contribution in [3.05, 3.63) is 21.5 Å². The zero-order valence-electron chi connectivity index (χ0n) is 26.5. The maximum atomic E-state index is 13.2. The lowest BCUT2D eigenvalue weighted by molar-refractivity contribution is 0.0212. The molecule has 2 saturated heterocycles. The van der Waals surface area contributed by atoms with Crippen LogP contribution in [0.3, 0.4) is 0 Å². The molecular formula is C29H50IN5O4Si2. The van der Waals surface area contributed by atoms with Gasteiger partial charge in [-0.1, -0.05) is 39.3 Å². The third kappa shape index (κ3) is 8.67. The van der Waals surface area contributed by atoms with Crippen LogP contribution in [0.2, 0.25) is 51.4 Å². The van der Waals surface area contributed by atoms with E-state index in [1.165, 1.54) is 0 Å². The van der Waals surface area contributed by atoms with Crippen LogP contribution >= 0.6 is 22.6 Å². The van der Waals surface area contributed by atoms with E-state index < -0.39 is 21.7 Å². The third-order valence-electron chi connectivity index (χ3n) is 7.76. The number of rotatable bonds is 12. The van der Waals surface area contributed by atoms with E-state index in [4.69, 9.17) is 24.3 Å². The highest BCUT2D eigenvalue weighted by Crippen LogP contribution is 2.47. The van der Waals surface area contributed by atoms with Crippen molar-refractivity contribution in [2.24, 2.45) is 0 Å². The summed E-state index contributed by atoms with van der Waals surface area (Å²) in [4.78, 5) is 22.4. The number of nitrogens with zero attached hydrogens (tertiary/aromatic N) is 5. The molecule has 0 N–H and O–H groups in total. The van der Waals surface area contributed by atoms with Gasteiger partial charge < -0.3 is 24.0 Å². The lowest BCUT2D eigenvalue weighted by Crippen LogP contribution is -2.40. The van der Waals surface area contributed by atoms with Crippen molar-refractivity contribution in [2.75, 3.05) is 31.6 Å². The molecule has 4 heterocycles. The number of aromatic nitrogens is 3. The van der Waals surface area contributed by atoms with Crippen molar-refractivity contribution in [3.8, 4) is 0 Å². The summed E-state index contributed by atoms with van der Waals surface area (Å²) in [5, 5.41) is 4.70. The van der Waals surface area contributed by atoms with Gasteiger partial charge in [-0.05, 0) is 74.7 Å². The minimum absolute atomic E-state index is 0.0904. The summed E-state index contributed by atoms with van der Waals surface area (Å²) in [6, 6.07) is 4.65. The van der Waals surface area contributed by atoms with Gasteiger partial charge in [0.25, 0.3) is 0 Å². The number of carbonyl (C=O) groups excluding carboxylic acids is 1. The topological polar surface area (TPSA) is 81.4 Å². The van der Waals surface area contributed by atoms with Crippen LogP contribution in [-0.4, -0.2) is 86.1 Å². The minimum Gasteiger partial charge on any atom is -0.444 e. The Bertz CT molecular complexity index is 1180. The molecule has 0 radical (unpaired) electrons. The van der Waals surface area contributed by atoms with Gasteiger partial charge >= 0.3 is 6.09 Å². The zero-order chi connectivity index (χ0) is 30.2. The molecule has 2 aromatic heterocycles. The molecule has 9 nitrogen and oxygen atoms in total. The van der Waals surface area contributed by atoms with Crippen LogP contribution in [-0.2, 0) is 14.2 Å². The second-order valence-corrected chi connectivity index (χ2v) is 27.4. The number of halogens is 1. The van der Waals surface area contributed by atoms with Gasteiger partial charge in [0.15, 0.2) is 5.65 Å². The van der Waals surface area contributed by atoms with Crippen molar-refractivity contribution in [1.82, 2.24) is 19.5 Å². The van der Waals surface area contributed by atoms with Crippen molar-refractivity contribution in [1.29, 1.82) is 0 Å². The largest absolute Gasteiger partial charge is 0.444 e. The van der Waals surface area contributed by atoms with Crippen molar-refractivity contribution < 1.29 is 19.0 Å². The number of amides is 1. The van der Waals surface area contributed by atoms with Crippen LogP contribution in [0.1, 0.15) is 51.6 Å².